The second-order valence-corrected chi connectivity index (χ2v) is 2.46. The van der Waals surface area contributed by atoms with Crippen molar-refractivity contribution in [3.63, 3.8) is 0 Å². The van der Waals surface area contributed by atoms with Crippen molar-refractivity contribution in [1.82, 2.24) is 9.38 Å². The number of nitrogens with two attached hydrogens (primary N) is 1. The molecule has 0 amide bonds. The van der Waals surface area contributed by atoms with Crippen molar-refractivity contribution in [2.24, 2.45) is 0 Å². The molecule has 0 saturated heterocycles. The number of imidazole rings is 1. The Morgan fingerprint density at radius 3 is 2.92 bits per heavy atom. The van der Waals surface area contributed by atoms with Crippen LogP contribution in [0.3, 0.4) is 0 Å². The zero-order valence-electron chi connectivity index (χ0n) is 6.57. The predicted octanol–water partition coefficient (Wildman–Crippen LogP) is 1.10. The van der Waals surface area contributed by atoms with Gasteiger partial charge in [-0.25, -0.2) is 4.98 Å². The molecule has 3 nitrogen and oxygen atoms in total. The molecule has 0 aliphatic carbocycles. The fraction of sp³-hybridized carbons (Fsp3) is 0. The zero-order chi connectivity index (χ0) is 7.84. The van der Waals surface area contributed by atoms with Crippen LogP contribution in [0.4, 0.5) is 5.82 Å². The van der Waals surface area contributed by atoms with Crippen LogP contribution < -0.4 is 5.73 Å². The van der Waals surface area contributed by atoms with Gasteiger partial charge in [0.1, 0.15) is 5.82 Å². The van der Waals surface area contributed by atoms with Crippen LogP contribution in [0.25, 0.3) is 5.52 Å². The van der Waals surface area contributed by atoms with Crippen LogP contribution in [0.5, 0.6) is 0 Å². The van der Waals surface area contributed by atoms with E-state index in [0.29, 0.717) is 5.82 Å². The van der Waals surface area contributed by atoms with Gasteiger partial charge in [0, 0.05) is 32.7 Å². The van der Waals surface area contributed by atoms with E-state index in [1.165, 1.54) is 0 Å². The van der Waals surface area contributed by atoms with Gasteiger partial charge in [-0.2, -0.15) is 18.6 Å². The Morgan fingerprint density at radius 2 is 2.17 bits per heavy atom. The fourth-order valence-corrected chi connectivity index (χ4v) is 1.07. The second-order valence-electron chi connectivity index (χ2n) is 2.46. The molecule has 2 aromatic heterocycles. The van der Waals surface area contributed by atoms with Crippen LogP contribution >= 0.6 is 0 Å². The van der Waals surface area contributed by atoms with Crippen molar-refractivity contribution in [3.8, 4) is 0 Å². The van der Waals surface area contributed by atoms with Gasteiger partial charge in [0.15, 0.2) is 0 Å². The maximum absolute atomic E-state index is 5.57. The molecule has 0 bridgehead atoms. The Balaban J connectivity index is 0.000000720. The molecule has 1 radical (unpaired) electrons. The third-order valence-corrected chi connectivity index (χ3v) is 1.62. The summed E-state index contributed by atoms with van der Waals surface area (Å²) < 4.78 is 1.86. The van der Waals surface area contributed by atoms with E-state index in [4.69, 9.17) is 5.73 Å². The van der Waals surface area contributed by atoms with Crippen LogP contribution in [0.1, 0.15) is 5.56 Å². The van der Waals surface area contributed by atoms with Gasteiger partial charge in [0.05, 0.1) is 11.8 Å². The summed E-state index contributed by atoms with van der Waals surface area (Å²) in [5, 5.41) is 0. The average molecular weight is 235 g/mol. The molecule has 0 fully saturated rings. The number of pyridine rings is 1. The van der Waals surface area contributed by atoms with Crippen molar-refractivity contribution >= 4 is 11.3 Å². The Kier molecular flexibility index (Phi) is 2.75. The van der Waals surface area contributed by atoms with Gasteiger partial charge in [-0.3, -0.25) is 0 Å². The molecule has 12 heavy (non-hydrogen) atoms. The third-order valence-electron chi connectivity index (χ3n) is 1.62. The van der Waals surface area contributed by atoms with Gasteiger partial charge in [-0.1, -0.05) is 12.3 Å². The van der Waals surface area contributed by atoms with Gasteiger partial charge in [0.25, 0.3) is 0 Å². The minimum atomic E-state index is 0. The average Bonchev–Trinajstić information content (AvgIpc) is 2.32. The van der Waals surface area contributed by atoms with Gasteiger partial charge < -0.3 is 10.1 Å². The molecule has 4 heteroatoms. The van der Waals surface area contributed by atoms with E-state index in [-0.39, 0.29) is 32.7 Å². The summed E-state index contributed by atoms with van der Waals surface area (Å²) in [5.41, 5.74) is 7.46. The molecule has 0 aliphatic rings. The van der Waals surface area contributed by atoms with Gasteiger partial charge in [-0.05, 0) is 0 Å². The Morgan fingerprint density at radius 1 is 1.42 bits per heavy atom. The number of rotatable bonds is 0. The van der Waals surface area contributed by atoms with Crippen LogP contribution in [0.15, 0.2) is 24.7 Å². The van der Waals surface area contributed by atoms with Crippen LogP contribution in [-0.2, 0) is 32.7 Å². The summed E-state index contributed by atoms with van der Waals surface area (Å²) in [6, 6.07) is 3.82. The second kappa shape index (κ2) is 3.46. The van der Waals surface area contributed by atoms with Crippen molar-refractivity contribution in [1.29, 1.82) is 0 Å². The normalized spacial score (nSPS) is 9.67. The maximum Gasteiger partial charge on any atom is 0.147 e. The summed E-state index contributed by atoms with van der Waals surface area (Å²) in [5.74, 6) is 0.560. The number of nitrogen functional groups attached to an aromatic ring is 1. The Hall–Kier alpha value is -0.536. The topological polar surface area (TPSA) is 43.3 Å². The first kappa shape index (κ1) is 9.55. The minimum absolute atomic E-state index is 0. The van der Waals surface area contributed by atoms with Crippen LogP contribution in [-0.4, -0.2) is 9.38 Å². The van der Waals surface area contributed by atoms with Crippen molar-refractivity contribution < 1.29 is 32.7 Å². The largest absolute Gasteiger partial charge is 0.382 e. The molecule has 2 aromatic rings. The van der Waals surface area contributed by atoms with Crippen LogP contribution in [0, 0.1) is 6.92 Å². The standard InChI is InChI=1S/C8H8N3.Y/c1-6-2-3-7-8(9)10-5-11(7)4-6;/h2-5H,1,9H2;/q-1;. The molecule has 59 valence electrons. The monoisotopic (exact) mass is 235 g/mol. The number of hydrogen-bond donors (Lipinski definition) is 1. The fourth-order valence-electron chi connectivity index (χ4n) is 1.07. The van der Waals surface area contributed by atoms with E-state index >= 15 is 0 Å². The predicted molar refractivity (Wildman–Crippen MR) is 44.1 cm³/mol. The van der Waals surface area contributed by atoms with E-state index in [0.717, 1.165) is 11.1 Å². The molecule has 0 saturated carbocycles. The smallest absolute Gasteiger partial charge is 0.147 e. The summed E-state index contributed by atoms with van der Waals surface area (Å²) in [7, 11) is 0. The number of aromatic nitrogens is 2. The molecule has 0 spiro atoms. The summed E-state index contributed by atoms with van der Waals surface area (Å²) in [6.07, 6.45) is 3.57. The molecule has 0 aliphatic heterocycles. The first-order chi connectivity index (χ1) is 5.27. The van der Waals surface area contributed by atoms with Crippen molar-refractivity contribution in [3.05, 3.63) is 37.1 Å². The molecular weight excluding hydrogens is 227 g/mol. The number of anilines is 1. The van der Waals surface area contributed by atoms with Gasteiger partial charge in [-0.15, -0.1) is 0 Å². The van der Waals surface area contributed by atoms with E-state index in [1.807, 2.05) is 22.7 Å². The van der Waals surface area contributed by atoms with E-state index in [1.54, 1.807) is 6.33 Å². The number of hydrogen-bond acceptors (Lipinski definition) is 2. The maximum atomic E-state index is 5.57. The van der Waals surface area contributed by atoms with Crippen molar-refractivity contribution in [2.45, 2.75) is 0 Å². The minimum Gasteiger partial charge on any atom is -0.382 e. The zero-order valence-corrected chi connectivity index (χ0v) is 9.40. The third kappa shape index (κ3) is 1.47. The quantitative estimate of drug-likeness (QED) is 0.694. The summed E-state index contributed by atoms with van der Waals surface area (Å²) >= 11 is 0. The molecule has 0 aromatic carbocycles. The molecule has 0 unspecified atom stereocenters. The molecule has 2 heterocycles. The van der Waals surface area contributed by atoms with Gasteiger partial charge in [0.2, 0.25) is 0 Å². The first-order valence-corrected chi connectivity index (χ1v) is 3.31. The van der Waals surface area contributed by atoms with E-state index < -0.39 is 0 Å². The molecule has 2 rings (SSSR count). The Labute approximate surface area is 95.9 Å². The summed E-state index contributed by atoms with van der Waals surface area (Å²) in [4.78, 5) is 3.95. The van der Waals surface area contributed by atoms with Gasteiger partial charge >= 0.3 is 0 Å². The van der Waals surface area contributed by atoms with Crippen molar-refractivity contribution in [2.75, 3.05) is 5.73 Å². The SMILES string of the molecule is [CH2-]c1ccc2c(N)ncn2c1.[Y]. The number of fused-ring (bicyclic) bond motifs is 1. The number of nitrogens with zero attached hydrogens (tertiary/aromatic N) is 2. The summed E-state index contributed by atoms with van der Waals surface area (Å²) in [6.45, 7) is 3.79. The van der Waals surface area contributed by atoms with E-state index in [9.17, 15) is 0 Å². The first-order valence-electron chi connectivity index (χ1n) is 3.31. The van der Waals surface area contributed by atoms with Crippen LogP contribution in [0.2, 0.25) is 0 Å². The molecule has 2 N–H and O–H groups in total. The Bertz CT molecular complexity index is 394. The molecular formula is C8H8N3Y-. The molecule has 0 atom stereocenters. The van der Waals surface area contributed by atoms with E-state index in [2.05, 4.69) is 11.9 Å².